The molecule has 0 saturated carbocycles. The van der Waals surface area contributed by atoms with Gasteiger partial charge in [-0.3, -0.25) is 9.59 Å². The normalized spacial score (nSPS) is 11.6. The van der Waals surface area contributed by atoms with Crippen molar-refractivity contribution in [2.45, 2.75) is 26.3 Å². The first-order valence-corrected chi connectivity index (χ1v) is 8.15. The molecule has 0 unspecified atom stereocenters. The molecule has 120 valence electrons. The number of carbonyl (C=O) groups excluding carboxylic acids is 2. The minimum atomic E-state index is -0.113. The van der Waals surface area contributed by atoms with Crippen LogP contribution in [-0.4, -0.2) is 11.8 Å². The van der Waals surface area contributed by atoms with Crippen molar-refractivity contribution in [3.63, 3.8) is 0 Å². The van der Waals surface area contributed by atoms with Gasteiger partial charge in [-0.2, -0.15) is 0 Å². The second-order valence-corrected chi connectivity index (χ2v) is 6.22. The van der Waals surface area contributed by atoms with Gasteiger partial charge < -0.3 is 10.6 Å². The minimum Gasteiger partial charge on any atom is -0.349 e. The number of benzene rings is 2. The first kappa shape index (κ1) is 17.2. The fraction of sp³-hybridized carbons (Fsp3) is 0.222. The van der Waals surface area contributed by atoms with E-state index < -0.39 is 0 Å². The Labute approximate surface area is 144 Å². The zero-order valence-electron chi connectivity index (χ0n) is 13.1. The number of hydrogen-bond acceptors (Lipinski definition) is 2. The van der Waals surface area contributed by atoms with Crippen LogP contribution in [0, 0.1) is 0 Å². The fourth-order valence-corrected chi connectivity index (χ4v) is 2.92. The van der Waals surface area contributed by atoms with Gasteiger partial charge in [-0.1, -0.05) is 46.3 Å². The zero-order valence-corrected chi connectivity index (χ0v) is 14.7. The summed E-state index contributed by atoms with van der Waals surface area (Å²) < 4.78 is 0.979. The molecule has 5 heteroatoms. The summed E-state index contributed by atoms with van der Waals surface area (Å²) in [4.78, 5) is 23.2. The van der Waals surface area contributed by atoms with E-state index in [4.69, 9.17) is 0 Å². The van der Waals surface area contributed by atoms with Crippen molar-refractivity contribution in [3.8, 4) is 0 Å². The van der Waals surface area contributed by atoms with Crippen LogP contribution in [0.5, 0.6) is 0 Å². The van der Waals surface area contributed by atoms with Gasteiger partial charge in [0.15, 0.2) is 0 Å². The topological polar surface area (TPSA) is 58.2 Å². The van der Waals surface area contributed by atoms with Gasteiger partial charge in [-0.25, -0.2) is 0 Å². The van der Waals surface area contributed by atoms with Crippen molar-refractivity contribution in [2.75, 3.05) is 5.32 Å². The molecule has 2 aromatic carbocycles. The zero-order chi connectivity index (χ0) is 16.8. The number of nitrogens with one attached hydrogen (secondary N) is 2. The van der Waals surface area contributed by atoms with E-state index in [2.05, 4.69) is 26.6 Å². The maximum absolute atomic E-state index is 12.2. The third-order valence-electron chi connectivity index (χ3n) is 3.39. The molecule has 0 heterocycles. The first-order valence-electron chi connectivity index (χ1n) is 7.36. The van der Waals surface area contributed by atoms with Gasteiger partial charge in [0.1, 0.15) is 0 Å². The van der Waals surface area contributed by atoms with Crippen molar-refractivity contribution >= 4 is 33.4 Å². The average Bonchev–Trinajstić information content (AvgIpc) is 2.49. The molecule has 1 atom stereocenters. The highest BCUT2D eigenvalue weighted by molar-refractivity contribution is 9.10. The standard InChI is InChI=1S/C18H19BrN2O2/c1-12(16-5-3-4-6-17(16)19)20-18(23)11-14-7-9-15(10-8-14)21-13(2)22/h3-10,12H,11H2,1-2H3,(H,20,23)(H,21,22)/t12-/m1/s1. The van der Waals surface area contributed by atoms with Crippen LogP contribution < -0.4 is 10.6 Å². The Hall–Kier alpha value is -2.14. The summed E-state index contributed by atoms with van der Waals surface area (Å²) in [6, 6.07) is 15.0. The Balaban J connectivity index is 1.94. The minimum absolute atomic E-state index is 0.0412. The Morgan fingerprint density at radius 2 is 1.74 bits per heavy atom. The van der Waals surface area contributed by atoms with Gasteiger partial charge in [0.2, 0.25) is 11.8 Å². The average molecular weight is 375 g/mol. The molecular weight excluding hydrogens is 356 g/mol. The molecule has 0 aliphatic heterocycles. The molecule has 4 nitrogen and oxygen atoms in total. The van der Waals surface area contributed by atoms with E-state index in [-0.39, 0.29) is 17.9 Å². The molecule has 0 aromatic heterocycles. The lowest BCUT2D eigenvalue weighted by molar-refractivity contribution is -0.121. The van der Waals surface area contributed by atoms with E-state index in [1.807, 2.05) is 43.3 Å². The Morgan fingerprint density at radius 3 is 2.35 bits per heavy atom. The van der Waals surface area contributed by atoms with Crippen molar-refractivity contribution in [1.82, 2.24) is 5.32 Å². The maximum Gasteiger partial charge on any atom is 0.224 e. The summed E-state index contributed by atoms with van der Waals surface area (Å²) in [6.07, 6.45) is 0.301. The summed E-state index contributed by atoms with van der Waals surface area (Å²) in [5, 5.41) is 5.69. The molecule has 0 spiro atoms. The highest BCUT2D eigenvalue weighted by Crippen LogP contribution is 2.22. The lowest BCUT2D eigenvalue weighted by Gasteiger charge is -2.16. The molecule has 23 heavy (non-hydrogen) atoms. The monoisotopic (exact) mass is 374 g/mol. The van der Waals surface area contributed by atoms with E-state index in [9.17, 15) is 9.59 Å². The smallest absolute Gasteiger partial charge is 0.224 e. The van der Waals surface area contributed by atoms with E-state index in [0.29, 0.717) is 6.42 Å². The number of anilines is 1. The molecule has 2 amide bonds. The molecule has 0 bridgehead atoms. The first-order chi connectivity index (χ1) is 11.0. The Bertz CT molecular complexity index is 698. The molecule has 0 saturated heterocycles. The number of hydrogen-bond donors (Lipinski definition) is 2. The van der Waals surface area contributed by atoms with Crippen molar-refractivity contribution < 1.29 is 9.59 Å². The fourth-order valence-electron chi connectivity index (χ4n) is 2.29. The second kappa shape index (κ2) is 7.92. The molecule has 0 radical (unpaired) electrons. The lowest BCUT2D eigenvalue weighted by atomic mass is 10.1. The molecule has 0 aliphatic rings. The summed E-state index contributed by atoms with van der Waals surface area (Å²) in [7, 11) is 0. The third-order valence-corrected chi connectivity index (χ3v) is 4.11. The van der Waals surface area contributed by atoms with Crippen molar-refractivity contribution in [3.05, 3.63) is 64.1 Å². The second-order valence-electron chi connectivity index (χ2n) is 5.37. The molecule has 0 fully saturated rings. The van der Waals surface area contributed by atoms with E-state index in [1.165, 1.54) is 6.92 Å². The highest BCUT2D eigenvalue weighted by atomic mass is 79.9. The highest BCUT2D eigenvalue weighted by Gasteiger charge is 2.12. The predicted molar refractivity (Wildman–Crippen MR) is 95.1 cm³/mol. The quantitative estimate of drug-likeness (QED) is 0.835. The molecule has 2 rings (SSSR count). The SMILES string of the molecule is CC(=O)Nc1ccc(CC(=O)N[C@H](C)c2ccccc2Br)cc1. The van der Waals surface area contributed by atoms with Gasteiger partial charge in [-0.05, 0) is 36.2 Å². The van der Waals surface area contributed by atoms with Crippen LogP contribution in [0.25, 0.3) is 0 Å². The Kier molecular flexibility index (Phi) is 5.93. The molecule has 2 aromatic rings. The lowest BCUT2D eigenvalue weighted by Crippen LogP contribution is -2.28. The number of amides is 2. The van der Waals surface area contributed by atoms with Crippen molar-refractivity contribution in [1.29, 1.82) is 0 Å². The summed E-state index contributed by atoms with van der Waals surface area (Å²) >= 11 is 3.50. The van der Waals surface area contributed by atoms with Crippen LogP contribution in [0.2, 0.25) is 0 Å². The molecule has 0 aliphatic carbocycles. The maximum atomic E-state index is 12.2. The summed E-state index contributed by atoms with van der Waals surface area (Å²) in [6.45, 7) is 3.42. The van der Waals surface area contributed by atoms with Crippen LogP contribution in [0.4, 0.5) is 5.69 Å². The number of carbonyl (C=O) groups is 2. The van der Waals surface area contributed by atoms with Crippen molar-refractivity contribution in [2.24, 2.45) is 0 Å². The van der Waals surface area contributed by atoms with Crippen LogP contribution >= 0.6 is 15.9 Å². The van der Waals surface area contributed by atoms with Gasteiger partial charge in [0, 0.05) is 17.1 Å². The largest absolute Gasteiger partial charge is 0.349 e. The summed E-state index contributed by atoms with van der Waals surface area (Å²) in [5.41, 5.74) is 2.67. The van der Waals surface area contributed by atoms with Crippen LogP contribution in [0.15, 0.2) is 53.0 Å². The van der Waals surface area contributed by atoms with Crippen LogP contribution in [-0.2, 0) is 16.0 Å². The third kappa shape index (κ3) is 5.21. The number of rotatable bonds is 5. The van der Waals surface area contributed by atoms with Gasteiger partial charge in [0.25, 0.3) is 0 Å². The summed E-state index contributed by atoms with van der Waals surface area (Å²) in [5.74, 6) is -0.154. The molecule has 2 N–H and O–H groups in total. The van der Waals surface area contributed by atoms with Gasteiger partial charge in [-0.15, -0.1) is 0 Å². The van der Waals surface area contributed by atoms with Crippen LogP contribution in [0.3, 0.4) is 0 Å². The van der Waals surface area contributed by atoms with E-state index >= 15 is 0 Å². The van der Waals surface area contributed by atoms with E-state index in [0.717, 1.165) is 21.3 Å². The van der Waals surface area contributed by atoms with Crippen LogP contribution in [0.1, 0.15) is 31.0 Å². The predicted octanol–water partition coefficient (Wildman–Crippen LogP) is 3.83. The number of halogens is 1. The van der Waals surface area contributed by atoms with Gasteiger partial charge in [0.05, 0.1) is 12.5 Å². The Morgan fingerprint density at radius 1 is 1.09 bits per heavy atom. The molecular formula is C18H19BrN2O2. The van der Waals surface area contributed by atoms with Gasteiger partial charge >= 0.3 is 0 Å². The van der Waals surface area contributed by atoms with E-state index in [1.54, 1.807) is 12.1 Å².